The Morgan fingerprint density at radius 1 is 1.17 bits per heavy atom. The van der Waals surface area contributed by atoms with Crippen LogP contribution < -0.4 is 16.1 Å². The smallest absolute Gasteiger partial charge is 0.422 e. The number of para-hydroxylation sites is 1. The summed E-state index contributed by atoms with van der Waals surface area (Å²) in [5, 5.41) is 0.379. The number of hydrogen-bond donors (Lipinski definition) is 0. The SMILES string of the molecule is Cc1ccccc1OCCCn1c(=O)oc(=O)c2cc(Br)ccc21. The molecule has 124 valence electrons. The number of benzene rings is 2. The van der Waals surface area contributed by atoms with Crippen LogP contribution in [0.5, 0.6) is 5.75 Å². The summed E-state index contributed by atoms with van der Waals surface area (Å²) in [5.74, 6) is 0.184. The van der Waals surface area contributed by atoms with Crippen LogP contribution in [-0.4, -0.2) is 11.2 Å². The van der Waals surface area contributed by atoms with Crippen molar-refractivity contribution in [3.8, 4) is 5.75 Å². The van der Waals surface area contributed by atoms with Crippen LogP contribution in [-0.2, 0) is 6.54 Å². The van der Waals surface area contributed by atoms with Gasteiger partial charge < -0.3 is 9.15 Å². The second-order valence-corrected chi connectivity index (χ2v) is 6.35. The van der Waals surface area contributed by atoms with Gasteiger partial charge in [0.25, 0.3) is 0 Å². The summed E-state index contributed by atoms with van der Waals surface area (Å²) in [5.41, 5.74) is 1.01. The van der Waals surface area contributed by atoms with Gasteiger partial charge in [-0.15, -0.1) is 0 Å². The number of aromatic nitrogens is 1. The lowest BCUT2D eigenvalue weighted by molar-refractivity contribution is 0.295. The van der Waals surface area contributed by atoms with Crippen molar-refractivity contribution in [2.24, 2.45) is 0 Å². The average molecular weight is 390 g/mol. The van der Waals surface area contributed by atoms with Crippen LogP contribution in [0.25, 0.3) is 10.9 Å². The van der Waals surface area contributed by atoms with Gasteiger partial charge >= 0.3 is 11.4 Å². The van der Waals surface area contributed by atoms with Crippen molar-refractivity contribution < 1.29 is 9.15 Å². The monoisotopic (exact) mass is 389 g/mol. The number of hydrogen-bond acceptors (Lipinski definition) is 4. The molecular formula is C18H16BrNO4. The maximum Gasteiger partial charge on any atom is 0.422 e. The Balaban J connectivity index is 1.77. The van der Waals surface area contributed by atoms with Crippen LogP contribution in [0, 0.1) is 6.92 Å². The maximum absolute atomic E-state index is 12.0. The second kappa shape index (κ2) is 7.05. The number of rotatable bonds is 5. The fraction of sp³-hybridized carbons (Fsp3) is 0.222. The van der Waals surface area contributed by atoms with Crippen molar-refractivity contribution in [2.45, 2.75) is 19.9 Å². The minimum absolute atomic E-state index is 0.379. The van der Waals surface area contributed by atoms with E-state index in [2.05, 4.69) is 15.9 Å². The molecule has 0 unspecified atom stereocenters. The first-order chi connectivity index (χ1) is 11.6. The Hall–Kier alpha value is -2.34. The highest BCUT2D eigenvalue weighted by Gasteiger charge is 2.09. The maximum atomic E-state index is 12.0. The van der Waals surface area contributed by atoms with Crippen molar-refractivity contribution in [3.63, 3.8) is 0 Å². The molecule has 3 rings (SSSR count). The molecule has 2 aromatic carbocycles. The zero-order valence-electron chi connectivity index (χ0n) is 13.1. The normalized spacial score (nSPS) is 10.9. The van der Waals surface area contributed by atoms with Gasteiger partial charge in [0.05, 0.1) is 17.5 Å². The summed E-state index contributed by atoms with van der Waals surface area (Å²) in [6.45, 7) is 2.86. The molecule has 0 aliphatic heterocycles. The van der Waals surface area contributed by atoms with Gasteiger partial charge in [-0.1, -0.05) is 34.1 Å². The molecule has 0 saturated heterocycles. The Morgan fingerprint density at radius 2 is 1.96 bits per heavy atom. The molecule has 24 heavy (non-hydrogen) atoms. The molecule has 0 radical (unpaired) electrons. The van der Waals surface area contributed by atoms with Crippen LogP contribution >= 0.6 is 15.9 Å². The lowest BCUT2D eigenvalue weighted by Crippen LogP contribution is -2.25. The molecule has 0 amide bonds. The van der Waals surface area contributed by atoms with Gasteiger partial charge in [-0.3, -0.25) is 4.57 Å². The third-order valence-corrected chi connectivity index (χ3v) is 4.24. The molecule has 0 fully saturated rings. The van der Waals surface area contributed by atoms with Crippen molar-refractivity contribution in [1.82, 2.24) is 4.57 Å². The topological polar surface area (TPSA) is 61.4 Å². The largest absolute Gasteiger partial charge is 0.493 e. The van der Waals surface area contributed by atoms with Gasteiger partial charge in [-0.2, -0.15) is 0 Å². The molecule has 3 aromatic rings. The number of nitrogens with zero attached hydrogens (tertiary/aromatic N) is 1. The third kappa shape index (κ3) is 3.43. The Morgan fingerprint density at radius 3 is 2.75 bits per heavy atom. The van der Waals surface area contributed by atoms with E-state index in [4.69, 9.17) is 9.15 Å². The molecule has 1 heterocycles. The Bertz CT molecular complexity index is 990. The average Bonchev–Trinajstić information content (AvgIpc) is 2.56. The predicted molar refractivity (Wildman–Crippen MR) is 95.7 cm³/mol. The Labute approximate surface area is 146 Å². The van der Waals surface area contributed by atoms with Gasteiger partial charge in [0.15, 0.2) is 0 Å². The summed E-state index contributed by atoms with van der Waals surface area (Å²) in [6.07, 6.45) is 0.618. The van der Waals surface area contributed by atoms with Gasteiger partial charge in [-0.05, 0) is 43.2 Å². The van der Waals surface area contributed by atoms with Gasteiger partial charge in [-0.25, -0.2) is 9.59 Å². The van der Waals surface area contributed by atoms with E-state index >= 15 is 0 Å². The summed E-state index contributed by atoms with van der Waals surface area (Å²) in [7, 11) is 0. The molecule has 0 aliphatic rings. The molecule has 0 bridgehead atoms. The first-order valence-electron chi connectivity index (χ1n) is 7.58. The number of fused-ring (bicyclic) bond motifs is 1. The van der Waals surface area contributed by atoms with E-state index in [1.807, 2.05) is 31.2 Å². The van der Waals surface area contributed by atoms with Crippen molar-refractivity contribution >= 4 is 26.8 Å². The highest BCUT2D eigenvalue weighted by Crippen LogP contribution is 2.18. The lowest BCUT2D eigenvalue weighted by atomic mass is 10.2. The van der Waals surface area contributed by atoms with Crippen LogP contribution in [0.3, 0.4) is 0 Å². The van der Waals surface area contributed by atoms with Crippen LogP contribution in [0.1, 0.15) is 12.0 Å². The molecule has 0 spiro atoms. The zero-order valence-corrected chi connectivity index (χ0v) is 14.7. The minimum atomic E-state index is -0.647. The molecule has 5 nitrogen and oxygen atoms in total. The predicted octanol–water partition coefficient (Wildman–Crippen LogP) is 3.49. The molecule has 0 atom stereocenters. The molecule has 6 heteroatoms. The van der Waals surface area contributed by atoms with Gasteiger partial charge in [0.2, 0.25) is 0 Å². The molecular weight excluding hydrogens is 374 g/mol. The first kappa shape index (κ1) is 16.5. The van der Waals surface area contributed by atoms with E-state index in [-0.39, 0.29) is 0 Å². The van der Waals surface area contributed by atoms with E-state index in [0.717, 1.165) is 15.8 Å². The van der Waals surface area contributed by atoms with E-state index in [1.165, 1.54) is 4.57 Å². The van der Waals surface area contributed by atoms with Crippen LogP contribution in [0.15, 0.2) is 60.9 Å². The highest BCUT2D eigenvalue weighted by molar-refractivity contribution is 9.10. The summed E-state index contributed by atoms with van der Waals surface area (Å²) >= 11 is 3.32. The number of halogens is 1. The van der Waals surface area contributed by atoms with Gasteiger partial charge in [0, 0.05) is 11.0 Å². The zero-order chi connectivity index (χ0) is 17.1. The number of aryl methyl sites for hydroxylation is 2. The quantitative estimate of drug-likeness (QED) is 0.626. The van der Waals surface area contributed by atoms with Crippen molar-refractivity contribution in [2.75, 3.05) is 6.61 Å². The molecule has 0 saturated carbocycles. The van der Waals surface area contributed by atoms with Crippen LogP contribution in [0.4, 0.5) is 0 Å². The molecule has 0 N–H and O–H groups in total. The van der Waals surface area contributed by atoms with Gasteiger partial charge in [0.1, 0.15) is 5.75 Å². The first-order valence-corrected chi connectivity index (χ1v) is 8.37. The van der Waals surface area contributed by atoms with E-state index in [0.29, 0.717) is 30.5 Å². The lowest BCUT2D eigenvalue weighted by Gasteiger charge is -2.11. The second-order valence-electron chi connectivity index (χ2n) is 5.44. The Kier molecular flexibility index (Phi) is 4.85. The molecule has 1 aromatic heterocycles. The molecule has 0 aliphatic carbocycles. The minimum Gasteiger partial charge on any atom is -0.493 e. The summed E-state index contributed by atoms with van der Waals surface area (Å²) < 4.78 is 12.8. The van der Waals surface area contributed by atoms with Crippen LogP contribution in [0.2, 0.25) is 0 Å². The third-order valence-electron chi connectivity index (χ3n) is 3.75. The van der Waals surface area contributed by atoms with E-state index in [9.17, 15) is 9.59 Å². The standard InChI is InChI=1S/C18H16BrNO4/c1-12-5-2-3-6-16(12)23-10-4-9-20-15-8-7-13(19)11-14(15)17(21)24-18(20)22/h2-3,5-8,11H,4,9-10H2,1H3. The van der Waals surface area contributed by atoms with Crippen molar-refractivity contribution in [3.05, 3.63) is 73.5 Å². The summed E-state index contributed by atoms with van der Waals surface area (Å²) in [4.78, 5) is 23.8. The fourth-order valence-corrected chi connectivity index (χ4v) is 2.89. The van der Waals surface area contributed by atoms with E-state index < -0.39 is 11.4 Å². The summed E-state index contributed by atoms with van der Waals surface area (Å²) in [6, 6.07) is 13.0. The number of ether oxygens (including phenoxy) is 1. The van der Waals surface area contributed by atoms with Crippen molar-refractivity contribution in [1.29, 1.82) is 0 Å². The fourth-order valence-electron chi connectivity index (χ4n) is 2.53. The van der Waals surface area contributed by atoms with E-state index in [1.54, 1.807) is 18.2 Å². The highest BCUT2D eigenvalue weighted by atomic mass is 79.9.